The van der Waals surface area contributed by atoms with Gasteiger partial charge in [-0.05, 0) is 49.9 Å². The summed E-state index contributed by atoms with van der Waals surface area (Å²) in [5, 5.41) is 5.35. The van der Waals surface area contributed by atoms with E-state index in [1.54, 1.807) is 25.1 Å². The van der Waals surface area contributed by atoms with E-state index in [0.717, 1.165) is 0 Å². The molecule has 176 valence electrons. The molecule has 0 spiro atoms. The maximum Gasteiger partial charge on any atom is 0.265 e. The van der Waals surface area contributed by atoms with Crippen LogP contribution in [-0.4, -0.2) is 43.7 Å². The van der Waals surface area contributed by atoms with E-state index in [4.69, 9.17) is 4.74 Å². The Bertz CT molecular complexity index is 1190. The van der Waals surface area contributed by atoms with Gasteiger partial charge >= 0.3 is 0 Å². The van der Waals surface area contributed by atoms with Gasteiger partial charge in [-0.3, -0.25) is 9.59 Å². The molecule has 8 nitrogen and oxygen atoms in total. The SMILES string of the molecule is CC[C@@H]1Oc2cc(S(=O)(=O)N3CCC(C(=O)Nc4ccccc4F)CC3)c(C)cc2NC1=O. The first-order chi connectivity index (χ1) is 15.7. The summed E-state index contributed by atoms with van der Waals surface area (Å²) in [4.78, 5) is 24.7. The lowest BCUT2D eigenvalue weighted by Crippen LogP contribution is -2.41. The van der Waals surface area contributed by atoms with E-state index in [1.165, 1.54) is 22.5 Å². The maximum atomic E-state index is 13.8. The number of aryl methyl sites for hydroxylation is 1. The molecular weight excluding hydrogens is 449 g/mol. The van der Waals surface area contributed by atoms with Crippen LogP contribution in [0.25, 0.3) is 0 Å². The lowest BCUT2D eigenvalue weighted by Gasteiger charge is -2.32. The van der Waals surface area contributed by atoms with E-state index in [9.17, 15) is 22.4 Å². The lowest BCUT2D eigenvalue weighted by molar-refractivity contribution is -0.123. The van der Waals surface area contributed by atoms with Crippen LogP contribution in [0.15, 0.2) is 41.3 Å². The van der Waals surface area contributed by atoms with Crippen LogP contribution in [0.5, 0.6) is 5.75 Å². The summed E-state index contributed by atoms with van der Waals surface area (Å²) < 4.78 is 47.6. The third kappa shape index (κ3) is 4.58. The van der Waals surface area contributed by atoms with Gasteiger partial charge < -0.3 is 15.4 Å². The Morgan fingerprint density at radius 1 is 1.24 bits per heavy atom. The molecule has 0 radical (unpaired) electrons. The minimum Gasteiger partial charge on any atom is -0.478 e. The van der Waals surface area contributed by atoms with Gasteiger partial charge in [-0.1, -0.05) is 19.1 Å². The number of amides is 2. The monoisotopic (exact) mass is 475 g/mol. The Hall–Kier alpha value is -2.98. The molecule has 0 bridgehead atoms. The highest BCUT2D eigenvalue weighted by atomic mass is 32.2. The summed E-state index contributed by atoms with van der Waals surface area (Å²) in [5.41, 5.74) is 1.05. The first kappa shape index (κ1) is 23.2. The molecule has 2 amide bonds. The van der Waals surface area contributed by atoms with Crippen molar-refractivity contribution in [3.05, 3.63) is 47.8 Å². The molecule has 0 unspecified atom stereocenters. The normalized spacial score (nSPS) is 19.4. The van der Waals surface area contributed by atoms with Crippen molar-refractivity contribution < 1.29 is 27.1 Å². The van der Waals surface area contributed by atoms with Crippen molar-refractivity contribution in [2.24, 2.45) is 5.92 Å². The van der Waals surface area contributed by atoms with Gasteiger partial charge in [-0.25, -0.2) is 12.8 Å². The van der Waals surface area contributed by atoms with E-state index >= 15 is 0 Å². The smallest absolute Gasteiger partial charge is 0.265 e. The van der Waals surface area contributed by atoms with Gasteiger partial charge in [-0.2, -0.15) is 4.31 Å². The quantitative estimate of drug-likeness (QED) is 0.691. The van der Waals surface area contributed by atoms with Crippen LogP contribution >= 0.6 is 0 Å². The highest BCUT2D eigenvalue weighted by molar-refractivity contribution is 7.89. The van der Waals surface area contributed by atoms with Crippen LogP contribution in [-0.2, 0) is 19.6 Å². The van der Waals surface area contributed by atoms with Gasteiger partial charge in [-0.15, -0.1) is 0 Å². The molecule has 4 rings (SSSR count). The molecule has 2 aromatic rings. The van der Waals surface area contributed by atoms with Crippen molar-refractivity contribution in [2.75, 3.05) is 23.7 Å². The number of sulfonamides is 1. The summed E-state index contributed by atoms with van der Waals surface area (Å²) in [6, 6.07) is 8.98. The fourth-order valence-corrected chi connectivity index (χ4v) is 5.82. The molecule has 2 aromatic carbocycles. The number of halogens is 1. The fourth-order valence-electron chi connectivity index (χ4n) is 4.13. The summed E-state index contributed by atoms with van der Waals surface area (Å²) in [6.07, 6.45) is 0.450. The van der Waals surface area contributed by atoms with Gasteiger partial charge in [0.05, 0.1) is 16.3 Å². The highest BCUT2D eigenvalue weighted by Gasteiger charge is 2.35. The van der Waals surface area contributed by atoms with Crippen LogP contribution in [0.2, 0.25) is 0 Å². The van der Waals surface area contributed by atoms with E-state index in [0.29, 0.717) is 36.3 Å². The van der Waals surface area contributed by atoms with Crippen LogP contribution in [0.4, 0.5) is 15.8 Å². The Balaban J connectivity index is 1.47. The molecule has 2 heterocycles. The molecule has 2 aliphatic rings. The van der Waals surface area contributed by atoms with E-state index in [1.807, 2.05) is 6.92 Å². The topological polar surface area (TPSA) is 105 Å². The van der Waals surface area contributed by atoms with Crippen molar-refractivity contribution in [2.45, 2.75) is 44.1 Å². The second-order valence-corrected chi connectivity index (χ2v) is 10.2. The Labute approximate surface area is 192 Å². The number of fused-ring (bicyclic) bond motifs is 1. The minimum absolute atomic E-state index is 0.111. The number of para-hydroxylation sites is 1. The number of carbonyl (C=O) groups excluding carboxylic acids is 2. The van der Waals surface area contributed by atoms with E-state index in [-0.39, 0.29) is 35.5 Å². The Kier molecular flexibility index (Phi) is 6.40. The van der Waals surface area contributed by atoms with E-state index in [2.05, 4.69) is 10.6 Å². The number of hydrogen-bond acceptors (Lipinski definition) is 5. The van der Waals surface area contributed by atoms with Crippen molar-refractivity contribution in [3.8, 4) is 5.75 Å². The summed E-state index contributed by atoms with van der Waals surface area (Å²) in [5.74, 6) is -1.18. The number of hydrogen-bond donors (Lipinski definition) is 2. The van der Waals surface area contributed by atoms with Crippen molar-refractivity contribution >= 4 is 33.2 Å². The van der Waals surface area contributed by atoms with Crippen LogP contribution in [0, 0.1) is 18.7 Å². The summed E-state index contributed by atoms with van der Waals surface area (Å²) >= 11 is 0. The second-order valence-electron chi connectivity index (χ2n) is 8.27. The van der Waals surface area contributed by atoms with Gasteiger partial charge in [0.25, 0.3) is 5.91 Å². The molecule has 33 heavy (non-hydrogen) atoms. The van der Waals surface area contributed by atoms with Crippen LogP contribution in [0.3, 0.4) is 0 Å². The van der Waals surface area contributed by atoms with E-state index < -0.39 is 27.9 Å². The first-order valence-electron chi connectivity index (χ1n) is 10.9. The van der Waals surface area contributed by atoms with Crippen LogP contribution < -0.4 is 15.4 Å². The van der Waals surface area contributed by atoms with Gasteiger partial charge in [0, 0.05) is 25.1 Å². The number of piperidine rings is 1. The summed E-state index contributed by atoms with van der Waals surface area (Å²) in [7, 11) is -3.83. The number of ether oxygens (including phenoxy) is 1. The third-order valence-corrected chi connectivity index (χ3v) is 8.08. The molecular formula is C23H26FN3O5S. The predicted molar refractivity (Wildman–Crippen MR) is 121 cm³/mol. The molecule has 1 fully saturated rings. The number of carbonyl (C=O) groups is 2. The van der Waals surface area contributed by atoms with Crippen molar-refractivity contribution in [1.29, 1.82) is 0 Å². The number of nitrogens with zero attached hydrogens (tertiary/aromatic N) is 1. The van der Waals surface area contributed by atoms with Gasteiger partial charge in [0.15, 0.2) is 6.10 Å². The second kappa shape index (κ2) is 9.11. The number of anilines is 2. The highest BCUT2D eigenvalue weighted by Crippen LogP contribution is 2.36. The fraction of sp³-hybridized carbons (Fsp3) is 0.391. The minimum atomic E-state index is -3.83. The number of rotatable bonds is 5. The zero-order valence-corrected chi connectivity index (χ0v) is 19.2. The average Bonchev–Trinajstić information content (AvgIpc) is 2.79. The third-order valence-electron chi connectivity index (χ3n) is 6.04. The zero-order chi connectivity index (χ0) is 23.8. The molecule has 2 N–H and O–H groups in total. The van der Waals surface area contributed by atoms with Gasteiger partial charge in [0.1, 0.15) is 11.6 Å². The molecule has 1 saturated heterocycles. The maximum absolute atomic E-state index is 13.8. The molecule has 0 aliphatic carbocycles. The molecule has 0 saturated carbocycles. The van der Waals surface area contributed by atoms with Gasteiger partial charge in [0.2, 0.25) is 15.9 Å². The van der Waals surface area contributed by atoms with Crippen molar-refractivity contribution in [1.82, 2.24) is 4.31 Å². The molecule has 1 atom stereocenters. The lowest BCUT2D eigenvalue weighted by atomic mass is 9.97. The standard InChI is InChI=1S/C23H26FN3O5S/c1-3-19-23(29)26-18-12-14(2)21(13-20(18)32-19)33(30,31)27-10-8-15(9-11-27)22(28)25-17-7-5-4-6-16(17)24/h4-7,12-13,15,19H,3,8-11H2,1-2H3,(H,25,28)(H,26,29)/t19-/m0/s1. The van der Waals surface area contributed by atoms with Crippen molar-refractivity contribution in [3.63, 3.8) is 0 Å². The summed E-state index contributed by atoms with van der Waals surface area (Å²) in [6.45, 7) is 3.82. The Morgan fingerprint density at radius 3 is 2.61 bits per heavy atom. The number of benzene rings is 2. The van der Waals surface area contributed by atoms with Crippen LogP contribution in [0.1, 0.15) is 31.7 Å². The first-order valence-corrected chi connectivity index (χ1v) is 12.3. The predicted octanol–water partition coefficient (Wildman–Crippen LogP) is 3.28. The molecule has 10 heteroatoms. The largest absolute Gasteiger partial charge is 0.478 e. The zero-order valence-electron chi connectivity index (χ0n) is 18.4. The Morgan fingerprint density at radius 2 is 1.94 bits per heavy atom. The number of nitrogens with one attached hydrogen (secondary N) is 2. The molecule has 2 aliphatic heterocycles. The molecule has 0 aromatic heterocycles. The average molecular weight is 476 g/mol.